The Morgan fingerprint density at radius 2 is 1.86 bits per heavy atom. The molecule has 2 heterocycles. The number of H-pyrrole nitrogens is 1. The molecule has 0 bridgehead atoms. The number of fused-ring (bicyclic) bond motifs is 1. The van der Waals surface area contributed by atoms with Crippen LogP contribution in [0.5, 0.6) is 0 Å². The summed E-state index contributed by atoms with van der Waals surface area (Å²) in [6, 6.07) is 16.1. The van der Waals surface area contributed by atoms with Gasteiger partial charge in [0.15, 0.2) is 0 Å². The lowest BCUT2D eigenvalue weighted by Crippen LogP contribution is -2.33. The summed E-state index contributed by atoms with van der Waals surface area (Å²) in [4.78, 5) is 32.1. The number of rotatable bonds is 5. The summed E-state index contributed by atoms with van der Waals surface area (Å²) >= 11 is 0. The van der Waals surface area contributed by atoms with Crippen molar-refractivity contribution >= 4 is 41.1 Å². The van der Waals surface area contributed by atoms with Crippen LogP contribution in [0.3, 0.4) is 0 Å². The predicted molar refractivity (Wildman–Crippen MR) is 130 cm³/mol. The van der Waals surface area contributed by atoms with E-state index in [1.54, 1.807) is 18.2 Å². The topological polar surface area (TPSA) is 87.3 Å². The lowest BCUT2D eigenvalue weighted by Gasteiger charge is -2.15. The molecule has 2 N–H and O–H groups in total. The molecule has 1 aliphatic rings. The second-order valence-corrected chi connectivity index (χ2v) is 8.01. The third kappa shape index (κ3) is 4.81. The molecule has 7 nitrogen and oxygen atoms in total. The van der Waals surface area contributed by atoms with E-state index in [-0.39, 0.29) is 42.5 Å². The van der Waals surface area contributed by atoms with E-state index in [1.807, 2.05) is 24.3 Å². The molecule has 4 aromatic rings. The number of hydrogen-bond donors (Lipinski definition) is 2. The van der Waals surface area contributed by atoms with Gasteiger partial charge in [0, 0.05) is 12.5 Å². The second-order valence-electron chi connectivity index (χ2n) is 8.01. The molecule has 0 spiro atoms. The fraction of sp³-hybridized carbons (Fsp3) is 0.160. The van der Waals surface area contributed by atoms with Crippen LogP contribution in [0.4, 0.5) is 19.3 Å². The molecular weight excluding hydrogens is 478 g/mol. The van der Waals surface area contributed by atoms with Gasteiger partial charge in [-0.3, -0.25) is 9.69 Å². The Morgan fingerprint density at radius 3 is 2.57 bits per heavy atom. The van der Waals surface area contributed by atoms with Crippen LogP contribution in [-0.4, -0.2) is 41.2 Å². The molecule has 5 rings (SSSR count). The molecule has 1 aliphatic heterocycles. The molecular formula is C25H21ClF2N4O3. The summed E-state index contributed by atoms with van der Waals surface area (Å²) in [5, 5.41) is 2.59. The quantitative estimate of drug-likeness (QED) is 0.403. The number of aromatic amines is 1. The number of hydrogen-bond acceptors (Lipinski definition) is 4. The van der Waals surface area contributed by atoms with Crippen molar-refractivity contribution in [2.24, 2.45) is 0 Å². The van der Waals surface area contributed by atoms with Crippen molar-refractivity contribution in [3.8, 4) is 22.5 Å². The number of halogens is 3. The van der Waals surface area contributed by atoms with Crippen molar-refractivity contribution in [3.05, 3.63) is 72.3 Å². The summed E-state index contributed by atoms with van der Waals surface area (Å²) in [5.74, 6) is -0.985. The third-order valence-electron chi connectivity index (χ3n) is 5.64. The number of nitrogens with one attached hydrogen (secondary N) is 2. The number of para-hydroxylation sites is 2. The average Bonchev–Trinajstić information content (AvgIpc) is 3.40. The van der Waals surface area contributed by atoms with E-state index in [4.69, 9.17) is 4.74 Å². The molecule has 0 radical (unpaired) electrons. The number of aromatic nitrogens is 2. The Bertz CT molecular complexity index is 1390. The van der Waals surface area contributed by atoms with Gasteiger partial charge in [-0.15, -0.1) is 12.4 Å². The Morgan fingerprint density at radius 1 is 1.11 bits per heavy atom. The molecule has 1 saturated heterocycles. The maximum Gasteiger partial charge on any atom is 0.414 e. The first-order valence-corrected chi connectivity index (χ1v) is 10.7. The summed E-state index contributed by atoms with van der Waals surface area (Å²) in [5.41, 5.74) is 2.66. The maximum atomic E-state index is 15.0. The zero-order valence-corrected chi connectivity index (χ0v) is 19.4. The molecule has 0 unspecified atom stereocenters. The van der Waals surface area contributed by atoms with Crippen LogP contribution in [0.15, 0.2) is 60.7 Å². The average molecular weight is 499 g/mol. The lowest BCUT2D eigenvalue weighted by molar-refractivity contribution is -0.119. The molecule has 2 amide bonds. The third-order valence-corrected chi connectivity index (χ3v) is 5.64. The Labute approximate surface area is 205 Å². The molecule has 180 valence electrons. The smallest absolute Gasteiger partial charge is 0.414 e. The van der Waals surface area contributed by atoms with E-state index >= 15 is 0 Å². The van der Waals surface area contributed by atoms with E-state index in [0.717, 1.165) is 11.0 Å². The summed E-state index contributed by atoms with van der Waals surface area (Å²) in [7, 11) is 0. The second kappa shape index (κ2) is 9.71. The standard InChI is InChI=1S/C25H20F2N4O3.ClH/c1-14(32)28-12-17-13-31(25(33)34-17)16-7-9-18(21(27)11-16)15-6-8-19(20(26)10-15)24-29-22-4-2-3-5-23(22)30-24;/h2-11,17H,12-13H2,1H3,(H,28,32)(H,29,30);1H/t17-;/m0./s1. The number of benzene rings is 3. The molecule has 35 heavy (non-hydrogen) atoms. The minimum Gasteiger partial charge on any atom is -0.442 e. The van der Waals surface area contributed by atoms with Crippen LogP contribution < -0.4 is 10.2 Å². The molecule has 0 saturated carbocycles. The molecule has 1 fully saturated rings. The largest absolute Gasteiger partial charge is 0.442 e. The molecule has 10 heteroatoms. The van der Waals surface area contributed by atoms with Crippen LogP contribution in [0.1, 0.15) is 6.92 Å². The number of ether oxygens (including phenoxy) is 1. The van der Waals surface area contributed by atoms with E-state index in [1.165, 1.54) is 30.0 Å². The van der Waals surface area contributed by atoms with Gasteiger partial charge in [-0.2, -0.15) is 0 Å². The zero-order valence-electron chi connectivity index (χ0n) is 18.5. The number of carbonyl (C=O) groups is 2. The SMILES string of the molecule is CC(=O)NC[C@H]1CN(c2ccc(-c3ccc(-c4nc5ccccc5[nH]4)c(F)c3)c(F)c2)C(=O)O1.Cl. The highest BCUT2D eigenvalue weighted by Gasteiger charge is 2.32. The van der Waals surface area contributed by atoms with Crippen molar-refractivity contribution in [1.82, 2.24) is 15.3 Å². The van der Waals surface area contributed by atoms with E-state index in [2.05, 4.69) is 15.3 Å². The number of cyclic esters (lactones) is 1. The number of carbonyl (C=O) groups excluding carboxylic acids is 2. The van der Waals surface area contributed by atoms with Crippen molar-refractivity contribution < 1.29 is 23.1 Å². The highest BCUT2D eigenvalue weighted by molar-refractivity contribution is 5.90. The fourth-order valence-corrected chi connectivity index (χ4v) is 3.96. The number of anilines is 1. The first kappa shape index (κ1) is 24.2. The van der Waals surface area contributed by atoms with Gasteiger partial charge in [-0.05, 0) is 48.0 Å². The fourth-order valence-electron chi connectivity index (χ4n) is 3.96. The predicted octanol–water partition coefficient (Wildman–Crippen LogP) is 5.06. The van der Waals surface area contributed by atoms with Gasteiger partial charge in [0.2, 0.25) is 5.91 Å². The van der Waals surface area contributed by atoms with Gasteiger partial charge in [0.05, 0.1) is 35.4 Å². The van der Waals surface area contributed by atoms with Gasteiger partial charge in [-0.1, -0.05) is 18.2 Å². The first-order chi connectivity index (χ1) is 16.4. The monoisotopic (exact) mass is 498 g/mol. The molecule has 0 aliphatic carbocycles. The van der Waals surface area contributed by atoms with E-state index in [9.17, 15) is 18.4 Å². The van der Waals surface area contributed by atoms with Gasteiger partial charge < -0.3 is 15.0 Å². The highest BCUT2D eigenvalue weighted by atomic mass is 35.5. The maximum absolute atomic E-state index is 15.0. The van der Waals surface area contributed by atoms with E-state index in [0.29, 0.717) is 17.1 Å². The molecule has 3 aromatic carbocycles. The van der Waals surface area contributed by atoms with Gasteiger partial charge >= 0.3 is 6.09 Å². The lowest BCUT2D eigenvalue weighted by atomic mass is 10.0. The summed E-state index contributed by atoms with van der Waals surface area (Å²) < 4.78 is 35.2. The summed E-state index contributed by atoms with van der Waals surface area (Å²) in [6.07, 6.45) is -1.15. The minimum absolute atomic E-state index is 0. The summed E-state index contributed by atoms with van der Waals surface area (Å²) in [6.45, 7) is 1.72. The van der Waals surface area contributed by atoms with Crippen LogP contribution in [0, 0.1) is 11.6 Å². The van der Waals surface area contributed by atoms with Crippen LogP contribution in [0.2, 0.25) is 0 Å². The molecule has 1 atom stereocenters. The van der Waals surface area contributed by atoms with Crippen molar-refractivity contribution in [1.29, 1.82) is 0 Å². The van der Waals surface area contributed by atoms with Crippen molar-refractivity contribution in [3.63, 3.8) is 0 Å². The Balaban J connectivity index is 0.00000289. The van der Waals surface area contributed by atoms with E-state index < -0.39 is 23.8 Å². The number of nitrogens with zero attached hydrogens (tertiary/aromatic N) is 2. The minimum atomic E-state index is -0.622. The van der Waals surface area contributed by atoms with Crippen LogP contribution in [-0.2, 0) is 9.53 Å². The Kier molecular flexibility index (Phi) is 6.70. The van der Waals surface area contributed by atoms with Crippen LogP contribution >= 0.6 is 12.4 Å². The zero-order chi connectivity index (χ0) is 23.8. The first-order valence-electron chi connectivity index (χ1n) is 10.7. The van der Waals surface area contributed by atoms with Crippen molar-refractivity contribution in [2.75, 3.05) is 18.0 Å². The Hall–Kier alpha value is -3.98. The van der Waals surface area contributed by atoms with Gasteiger partial charge in [0.25, 0.3) is 0 Å². The highest BCUT2D eigenvalue weighted by Crippen LogP contribution is 2.32. The molecule has 1 aromatic heterocycles. The normalized spacial score (nSPS) is 15.1. The number of imidazole rings is 1. The van der Waals surface area contributed by atoms with Crippen molar-refractivity contribution in [2.45, 2.75) is 13.0 Å². The van der Waals surface area contributed by atoms with Crippen LogP contribution in [0.25, 0.3) is 33.5 Å². The van der Waals surface area contributed by atoms with Gasteiger partial charge in [0.1, 0.15) is 23.6 Å². The number of amides is 2. The van der Waals surface area contributed by atoms with Gasteiger partial charge in [-0.25, -0.2) is 18.6 Å².